The fraction of sp³-hybridized carbons (Fsp3) is 0.684. The number of hydrogen-bond acceptors (Lipinski definition) is 9. The lowest BCUT2D eigenvalue weighted by molar-refractivity contribution is -0.0415. The van der Waals surface area contributed by atoms with Crippen molar-refractivity contribution in [2.75, 3.05) is 20.0 Å². The Bertz CT molecular complexity index is 939. The number of halogens is 1. The van der Waals surface area contributed by atoms with Gasteiger partial charge in [0.1, 0.15) is 12.4 Å². The fourth-order valence-corrected chi connectivity index (χ4v) is 4.36. The molecule has 1 aliphatic heterocycles. The van der Waals surface area contributed by atoms with Crippen LogP contribution >= 0.6 is 24.0 Å². The molecule has 0 unspecified atom stereocenters. The highest BCUT2D eigenvalue weighted by Gasteiger charge is 2.50. The van der Waals surface area contributed by atoms with Crippen LogP contribution < -0.4 is 4.74 Å². The van der Waals surface area contributed by atoms with E-state index in [2.05, 4.69) is 48.8 Å². The SMILES string of the molecule is COc1ncnc2c1ncn2[C@@H]1O[C@H](CO[Si](C)(C)C(C)(C)C)[C@@H](OC(=S)SC)[C@@H]1F. The first-order chi connectivity index (χ1) is 14.5. The van der Waals surface area contributed by atoms with Gasteiger partial charge in [-0.05, 0) is 36.6 Å². The van der Waals surface area contributed by atoms with Crippen molar-refractivity contribution in [1.29, 1.82) is 0 Å². The summed E-state index contributed by atoms with van der Waals surface area (Å²) < 4.78 is 40.8. The summed E-state index contributed by atoms with van der Waals surface area (Å²) in [6, 6.07) is 0. The molecule has 8 nitrogen and oxygen atoms in total. The number of thioether (sulfide) groups is 1. The molecule has 0 aromatic carbocycles. The number of rotatable bonds is 6. The molecule has 2 aromatic rings. The summed E-state index contributed by atoms with van der Waals surface area (Å²) in [6.45, 7) is 10.9. The van der Waals surface area contributed by atoms with E-state index in [9.17, 15) is 0 Å². The van der Waals surface area contributed by atoms with Crippen LogP contribution in [0.1, 0.15) is 27.0 Å². The first kappa shape index (κ1) is 24.3. The van der Waals surface area contributed by atoms with Gasteiger partial charge in [0.25, 0.3) is 0 Å². The highest BCUT2D eigenvalue weighted by Crippen LogP contribution is 2.40. The van der Waals surface area contributed by atoms with Crippen LogP contribution in [0.15, 0.2) is 12.7 Å². The normalized spacial score (nSPS) is 24.5. The molecule has 1 aliphatic rings. The molecule has 3 rings (SSSR count). The predicted octanol–water partition coefficient (Wildman–Crippen LogP) is 4.13. The summed E-state index contributed by atoms with van der Waals surface area (Å²) in [6.07, 6.45) is 0.563. The van der Waals surface area contributed by atoms with Gasteiger partial charge < -0.3 is 18.6 Å². The van der Waals surface area contributed by atoms with Gasteiger partial charge in [-0.15, -0.1) is 0 Å². The molecule has 31 heavy (non-hydrogen) atoms. The van der Waals surface area contributed by atoms with E-state index in [1.165, 1.54) is 36.1 Å². The maximum Gasteiger partial charge on any atom is 0.245 e. The van der Waals surface area contributed by atoms with Crippen molar-refractivity contribution in [3.8, 4) is 5.88 Å². The number of imidazole rings is 1. The number of ether oxygens (including phenoxy) is 3. The van der Waals surface area contributed by atoms with Crippen LogP contribution in [-0.4, -0.2) is 70.6 Å². The molecule has 0 aliphatic carbocycles. The third-order valence-electron chi connectivity index (χ3n) is 5.87. The summed E-state index contributed by atoms with van der Waals surface area (Å²) in [5.41, 5.74) is 0.843. The molecule has 0 radical (unpaired) electrons. The summed E-state index contributed by atoms with van der Waals surface area (Å²) in [5, 5.41) is 0.0130. The van der Waals surface area contributed by atoms with Crippen LogP contribution in [0.2, 0.25) is 18.1 Å². The van der Waals surface area contributed by atoms with Crippen LogP contribution in [0, 0.1) is 0 Å². The monoisotopic (exact) mass is 488 g/mol. The minimum absolute atomic E-state index is 0.0130. The number of thiocarbonyl (C=S) groups is 1. The zero-order valence-corrected chi connectivity index (χ0v) is 21.4. The van der Waals surface area contributed by atoms with Gasteiger partial charge in [-0.25, -0.2) is 14.4 Å². The Labute approximate surface area is 192 Å². The number of aromatic nitrogens is 4. The average Bonchev–Trinajstić information content (AvgIpc) is 3.27. The second-order valence-corrected chi connectivity index (χ2v) is 15.0. The summed E-state index contributed by atoms with van der Waals surface area (Å²) in [4.78, 5) is 12.6. The Kier molecular flexibility index (Phi) is 7.26. The minimum atomic E-state index is -2.07. The van der Waals surface area contributed by atoms with Crippen molar-refractivity contribution in [1.82, 2.24) is 19.5 Å². The van der Waals surface area contributed by atoms with Crippen LogP contribution in [0.25, 0.3) is 11.2 Å². The summed E-state index contributed by atoms with van der Waals surface area (Å²) in [5.74, 6) is 0.311. The van der Waals surface area contributed by atoms with E-state index in [1.54, 1.807) is 6.26 Å². The number of methoxy groups -OCH3 is 1. The highest BCUT2D eigenvalue weighted by atomic mass is 32.2. The van der Waals surface area contributed by atoms with Gasteiger partial charge >= 0.3 is 0 Å². The number of fused-ring (bicyclic) bond motifs is 1. The molecule has 0 bridgehead atoms. The standard InChI is InChI=1S/C19H29FN4O4S2Si/c1-19(2,3)31(6,7)26-8-11-14(28-18(29)30-5)12(20)17(27-11)24-10-23-13-15(24)21-9-22-16(13)25-4/h9-12,14,17H,8H2,1-7H3/t11-,12+,14-,17-/m1/s1. The molecular formula is C19H29FN4O4S2Si. The van der Waals surface area contributed by atoms with Crippen molar-refractivity contribution in [3.05, 3.63) is 12.7 Å². The van der Waals surface area contributed by atoms with E-state index in [0.29, 0.717) is 17.0 Å². The molecule has 2 aromatic heterocycles. The van der Waals surface area contributed by atoms with Gasteiger partial charge in [0.05, 0.1) is 20.0 Å². The second-order valence-electron chi connectivity index (χ2n) is 8.82. The van der Waals surface area contributed by atoms with Crippen molar-refractivity contribution in [3.63, 3.8) is 0 Å². The van der Waals surface area contributed by atoms with Gasteiger partial charge in [-0.3, -0.25) is 4.57 Å². The fourth-order valence-electron chi connectivity index (χ4n) is 3.03. The van der Waals surface area contributed by atoms with E-state index >= 15 is 4.39 Å². The topological polar surface area (TPSA) is 80.5 Å². The first-order valence-electron chi connectivity index (χ1n) is 9.89. The molecule has 0 saturated carbocycles. The Morgan fingerprint density at radius 3 is 2.65 bits per heavy atom. The average molecular weight is 489 g/mol. The molecule has 0 N–H and O–H groups in total. The Balaban J connectivity index is 1.89. The molecule has 0 amide bonds. The van der Waals surface area contributed by atoms with Crippen molar-refractivity contribution in [2.24, 2.45) is 0 Å². The van der Waals surface area contributed by atoms with E-state index < -0.39 is 32.9 Å². The predicted molar refractivity (Wildman–Crippen MR) is 125 cm³/mol. The maximum atomic E-state index is 15.6. The van der Waals surface area contributed by atoms with Gasteiger partial charge in [0.15, 0.2) is 38.0 Å². The third-order valence-corrected chi connectivity index (χ3v) is 11.4. The third kappa shape index (κ3) is 4.87. The Morgan fingerprint density at radius 2 is 2.03 bits per heavy atom. The van der Waals surface area contributed by atoms with Crippen molar-refractivity contribution >= 4 is 47.8 Å². The van der Waals surface area contributed by atoms with Crippen LogP contribution in [0.5, 0.6) is 5.88 Å². The lowest BCUT2D eigenvalue weighted by Crippen LogP contribution is -2.45. The molecule has 3 heterocycles. The summed E-state index contributed by atoms with van der Waals surface area (Å²) >= 11 is 6.44. The van der Waals surface area contributed by atoms with Crippen LogP contribution in [0.3, 0.4) is 0 Å². The molecular weight excluding hydrogens is 459 g/mol. The number of alkyl halides is 1. The zero-order chi connectivity index (χ0) is 23.0. The van der Waals surface area contributed by atoms with Gasteiger partial charge in [0.2, 0.25) is 10.3 Å². The zero-order valence-electron chi connectivity index (χ0n) is 18.8. The smallest absolute Gasteiger partial charge is 0.245 e. The maximum absolute atomic E-state index is 15.6. The van der Waals surface area contributed by atoms with Crippen LogP contribution in [0.4, 0.5) is 4.39 Å². The summed E-state index contributed by atoms with van der Waals surface area (Å²) in [7, 11) is -0.577. The van der Waals surface area contributed by atoms with Crippen LogP contribution in [-0.2, 0) is 13.9 Å². The molecule has 12 heteroatoms. The van der Waals surface area contributed by atoms with E-state index in [-0.39, 0.29) is 16.0 Å². The first-order valence-corrected chi connectivity index (χ1v) is 14.4. The van der Waals surface area contributed by atoms with Crippen molar-refractivity contribution < 1.29 is 23.0 Å². The molecule has 1 saturated heterocycles. The highest BCUT2D eigenvalue weighted by molar-refractivity contribution is 8.22. The molecule has 172 valence electrons. The lowest BCUT2D eigenvalue weighted by Gasteiger charge is -2.37. The van der Waals surface area contributed by atoms with E-state index in [0.717, 1.165) is 0 Å². The van der Waals surface area contributed by atoms with Crippen molar-refractivity contribution in [2.45, 2.75) is 63.5 Å². The number of hydrogen-bond donors (Lipinski definition) is 0. The molecule has 1 fully saturated rings. The lowest BCUT2D eigenvalue weighted by atomic mass is 10.1. The minimum Gasteiger partial charge on any atom is -0.479 e. The second kappa shape index (κ2) is 9.26. The number of nitrogens with zero attached hydrogens (tertiary/aromatic N) is 4. The quantitative estimate of drug-likeness (QED) is 0.440. The Morgan fingerprint density at radius 1 is 1.32 bits per heavy atom. The van der Waals surface area contributed by atoms with Gasteiger partial charge in [0, 0.05) is 0 Å². The van der Waals surface area contributed by atoms with E-state index in [1.807, 2.05) is 0 Å². The largest absolute Gasteiger partial charge is 0.479 e. The Hall–Kier alpha value is -1.34. The van der Waals surface area contributed by atoms with Gasteiger partial charge in [-0.2, -0.15) is 4.98 Å². The van der Waals surface area contributed by atoms with E-state index in [4.69, 9.17) is 30.9 Å². The van der Waals surface area contributed by atoms with Gasteiger partial charge in [-0.1, -0.05) is 32.5 Å². The molecule has 0 spiro atoms. The molecule has 4 atom stereocenters.